The normalized spacial score (nSPS) is 21.9. The van der Waals surface area contributed by atoms with Gasteiger partial charge in [-0.1, -0.05) is 32.1 Å². The van der Waals surface area contributed by atoms with E-state index in [1.807, 2.05) is 0 Å². The van der Waals surface area contributed by atoms with E-state index in [0.29, 0.717) is 11.7 Å². The molecule has 1 heterocycles. The van der Waals surface area contributed by atoms with Gasteiger partial charge in [0.15, 0.2) is 0 Å². The van der Waals surface area contributed by atoms with Crippen LogP contribution in [0, 0.1) is 5.92 Å². The molecular weight excluding hydrogens is 202 g/mol. The van der Waals surface area contributed by atoms with Crippen LogP contribution in [0.5, 0.6) is 0 Å². The zero-order chi connectivity index (χ0) is 11.4. The number of nitrogens with zero attached hydrogens (tertiary/aromatic N) is 1. The Morgan fingerprint density at radius 2 is 2.19 bits per heavy atom. The van der Waals surface area contributed by atoms with Crippen molar-refractivity contribution in [1.29, 1.82) is 0 Å². The summed E-state index contributed by atoms with van der Waals surface area (Å²) in [6.07, 6.45) is 10.1. The molecule has 0 aliphatic heterocycles. The molecule has 2 rings (SSSR count). The molecule has 1 fully saturated rings. The van der Waals surface area contributed by atoms with Gasteiger partial charge in [0, 0.05) is 18.4 Å². The summed E-state index contributed by atoms with van der Waals surface area (Å²) in [6.45, 7) is 0. The number of nitrogens with one attached hydrogen (secondary N) is 1. The second-order valence-electron chi connectivity index (χ2n) is 4.82. The van der Waals surface area contributed by atoms with Crippen LogP contribution < -0.4 is 5.73 Å². The first-order chi connectivity index (χ1) is 7.77. The van der Waals surface area contributed by atoms with Crippen molar-refractivity contribution in [1.82, 2.24) is 9.97 Å². The third-order valence-electron chi connectivity index (χ3n) is 3.54. The summed E-state index contributed by atoms with van der Waals surface area (Å²) >= 11 is 0. The second-order valence-corrected chi connectivity index (χ2v) is 4.82. The van der Waals surface area contributed by atoms with Gasteiger partial charge in [0.2, 0.25) is 0 Å². The lowest BCUT2D eigenvalue weighted by atomic mass is 9.84. The Balaban J connectivity index is 1.84. The van der Waals surface area contributed by atoms with Gasteiger partial charge < -0.3 is 15.8 Å². The van der Waals surface area contributed by atoms with Gasteiger partial charge in [0.1, 0.15) is 11.9 Å². The van der Waals surface area contributed by atoms with Gasteiger partial charge in [-0.2, -0.15) is 0 Å². The molecule has 0 saturated heterocycles. The van der Waals surface area contributed by atoms with Crippen LogP contribution in [0.4, 0.5) is 0 Å². The molecule has 90 valence electrons. The van der Waals surface area contributed by atoms with Gasteiger partial charge >= 0.3 is 0 Å². The van der Waals surface area contributed by atoms with Gasteiger partial charge in [0.05, 0.1) is 0 Å². The Morgan fingerprint density at radius 1 is 1.44 bits per heavy atom. The number of imidazole rings is 1. The van der Waals surface area contributed by atoms with E-state index in [0.717, 1.165) is 6.42 Å². The summed E-state index contributed by atoms with van der Waals surface area (Å²) in [5.74, 6) is 1.27. The first-order valence-electron chi connectivity index (χ1n) is 6.20. The standard InChI is InChI=1S/C12H21N3O/c13-10(8-9-4-2-1-3-5-9)11(16)12-14-6-7-15-12/h6-7,9-11,16H,1-5,8,13H2,(H,14,15)/t10-,11+/m0/s1. The van der Waals surface area contributed by atoms with Gasteiger partial charge in [-0.3, -0.25) is 0 Å². The number of hydrogen-bond donors (Lipinski definition) is 3. The fourth-order valence-corrected chi connectivity index (χ4v) is 2.58. The van der Waals surface area contributed by atoms with E-state index in [-0.39, 0.29) is 6.04 Å². The minimum Gasteiger partial charge on any atom is -0.384 e. The molecule has 0 radical (unpaired) electrons. The molecule has 1 aliphatic carbocycles. The molecule has 1 aromatic rings. The molecule has 1 saturated carbocycles. The molecule has 4 N–H and O–H groups in total. The lowest BCUT2D eigenvalue weighted by Gasteiger charge is -2.26. The zero-order valence-corrected chi connectivity index (χ0v) is 9.60. The number of H-pyrrole nitrogens is 1. The Kier molecular flexibility index (Phi) is 3.96. The van der Waals surface area contributed by atoms with Crippen LogP contribution in [-0.2, 0) is 0 Å². The average Bonchev–Trinajstić information content (AvgIpc) is 2.83. The highest BCUT2D eigenvalue weighted by Crippen LogP contribution is 2.29. The quantitative estimate of drug-likeness (QED) is 0.727. The number of aliphatic hydroxyl groups is 1. The first-order valence-corrected chi connectivity index (χ1v) is 6.20. The predicted molar refractivity (Wildman–Crippen MR) is 62.7 cm³/mol. The lowest BCUT2D eigenvalue weighted by Crippen LogP contribution is -2.32. The molecule has 0 amide bonds. The molecule has 1 aromatic heterocycles. The van der Waals surface area contributed by atoms with E-state index in [4.69, 9.17) is 5.73 Å². The monoisotopic (exact) mass is 223 g/mol. The molecule has 4 heteroatoms. The molecule has 4 nitrogen and oxygen atoms in total. The predicted octanol–water partition coefficient (Wildman–Crippen LogP) is 1.74. The maximum Gasteiger partial charge on any atom is 0.136 e. The zero-order valence-electron chi connectivity index (χ0n) is 9.60. The number of aromatic amines is 1. The van der Waals surface area contributed by atoms with Crippen LogP contribution in [-0.4, -0.2) is 21.1 Å². The van der Waals surface area contributed by atoms with E-state index in [1.54, 1.807) is 12.4 Å². The summed E-state index contributed by atoms with van der Waals surface area (Å²) in [5, 5.41) is 9.99. The van der Waals surface area contributed by atoms with Crippen LogP contribution in [0.15, 0.2) is 12.4 Å². The molecule has 2 atom stereocenters. The van der Waals surface area contributed by atoms with E-state index >= 15 is 0 Å². The molecule has 0 bridgehead atoms. The topological polar surface area (TPSA) is 74.9 Å². The summed E-state index contributed by atoms with van der Waals surface area (Å²) in [5.41, 5.74) is 6.03. The van der Waals surface area contributed by atoms with Crippen molar-refractivity contribution >= 4 is 0 Å². The highest BCUT2D eigenvalue weighted by Gasteiger charge is 2.23. The maximum atomic E-state index is 9.99. The fraction of sp³-hybridized carbons (Fsp3) is 0.750. The number of aromatic nitrogens is 2. The summed E-state index contributed by atoms with van der Waals surface area (Å²) in [6, 6.07) is -0.200. The summed E-state index contributed by atoms with van der Waals surface area (Å²) < 4.78 is 0. The van der Waals surface area contributed by atoms with Crippen LogP contribution in [0.25, 0.3) is 0 Å². The molecule has 0 spiro atoms. The van der Waals surface area contributed by atoms with Crippen molar-refractivity contribution in [2.24, 2.45) is 11.7 Å². The Labute approximate surface area is 96.3 Å². The van der Waals surface area contributed by atoms with E-state index in [1.165, 1.54) is 32.1 Å². The molecular formula is C12H21N3O. The smallest absolute Gasteiger partial charge is 0.136 e. The third-order valence-corrected chi connectivity index (χ3v) is 3.54. The number of hydrogen-bond acceptors (Lipinski definition) is 3. The lowest BCUT2D eigenvalue weighted by molar-refractivity contribution is 0.120. The van der Waals surface area contributed by atoms with Crippen LogP contribution >= 0.6 is 0 Å². The summed E-state index contributed by atoms with van der Waals surface area (Å²) in [4.78, 5) is 6.96. The van der Waals surface area contributed by atoms with E-state index in [2.05, 4.69) is 9.97 Å². The largest absolute Gasteiger partial charge is 0.384 e. The van der Waals surface area contributed by atoms with Crippen molar-refractivity contribution in [2.75, 3.05) is 0 Å². The van der Waals surface area contributed by atoms with Crippen molar-refractivity contribution in [3.63, 3.8) is 0 Å². The Morgan fingerprint density at radius 3 is 2.81 bits per heavy atom. The van der Waals surface area contributed by atoms with Crippen molar-refractivity contribution < 1.29 is 5.11 Å². The van der Waals surface area contributed by atoms with Crippen molar-refractivity contribution in [3.05, 3.63) is 18.2 Å². The van der Waals surface area contributed by atoms with Gasteiger partial charge in [0.25, 0.3) is 0 Å². The second kappa shape index (κ2) is 5.46. The highest BCUT2D eigenvalue weighted by atomic mass is 16.3. The van der Waals surface area contributed by atoms with Crippen LogP contribution in [0.3, 0.4) is 0 Å². The minimum absolute atomic E-state index is 0.200. The number of nitrogens with two attached hydrogens (primary N) is 1. The van der Waals surface area contributed by atoms with E-state index < -0.39 is 6.10 Å². The fourth-order valence-electron chi connectivity index (χ4n) is 2.58. The molecule has 0 unspecified atom stereocenters. The first kappa shape index (κ1) is 11.6. The van der Waals surface area contributed by atoms with Crippen molar-refractivity contribution in [2.45, 2.75) is 50.7 Å². The third kappa shape index (κ3) is 2.83. The summed E-state index contributed by atoms with van der Waals surface area (Å²) in [7, 11) is 0. The maximum absolute atomic E-state index is 9.99. The SMILES string of the molecule is N[C@@H](CC1CCCCC1)[C@@H](O)c1ncc[nH]1. The number of aliphatic hydroxyl groups excluding tert-OH is 1. The highest BCUT2D eigenvalue weighted by molar-refractivity contribution is 4.96. The number of rotatable bonds is 4. The average molecular weight is 223 g/mol. The molecule has 1 aliphatic rings. The minimum atomic E-state index is -0.656. The van der Waals surface area contributed by atoms with Gasteiger partial charge in [-0.05, 0) is 12.3 Å². The molecule has 16 heavy (non-hydrogen) atoms. The Hall–Kier alpha value is -0.870. The van der Waals surface area contributed by atoms with E-state index in [9.17, 15) is 5.11 Å². The Bertz CT molecular complexity index is 293. The van der Waals surface area contributed by atoms with Gasteiger partial charge in [-0.25, -0.2) is 4.98 Å². The van der Waals surface area contributed by atoms with Gasteiger partial charge in [-0.15, -0.1) is 0 Å². The van der Waals surface area contributed by atoms with Crippen molar-refractivity contribution in [3.8, 4) is 0 Å². The molecule has 0 aromatic carbocycles. The van der Waals surface area contributed by atoms with Crippen LogP contribution in [0.2, 0.25) is 0 Å². The van der Waals surface area contributed by atoms with Crippen LogP contribution in [0.1, 0.15) is 50.5 Å².